The van der Waals surface area contributed by atoms with Crippen LogP contribution >= 0.6 is 15.9 Å². The van der Waals surface area contributed by atoms with Gasteiger partial charge in [-0.25, -0.2) is 0 Å². The standard InChI is InChI=1S/C15H19BrN2/c1-3-17-12-5-4-6-13-14(12)11-8-10(16)7-9(2)15(11)18-13/h7-8,12,17-18H,3-6H2,1-2H3. The zero-order valence-corrected chi connectivity index (χ0v) is 12.5. The van der Waals surface area contributed by atoms with Crippen LogP contribution in [-0.4, -0.2) is 11.5 Å². The fourth-order valence-electron chi connectivity index (χ4n) is 3.18. The second kappa shape index (κ2) is 4.71. The van der Waals surface area contributed by atoms with Crippen LogP contribution in [0, 0.1) is 6.92 Å². The summed E-state index contributed by atoms with van der Waals surface area (Å²) in [7, 11) is 0. The highest BCUT2D eigenvalue weighted by Crippen LogP contribution is 2.37. The van der Waals surface area contributed by atoms with Crippen LogP contribution < -0.4 is 5.32 Å². The molecule has 2 nitrogen and oxygen atoms in total. The van der Waals surface area contributed by atoms with Crippen molar-refractivity contribution in [3.05, 3.63) is 33.4 Å². The van der Waals surface area contributed by atoms with Crippen LogP contribution in [0.3, 0.4) is 0 Å². The molecule has 3 heteroatoms. The van der Waals surface area contributed by atoms with Gasteiger partial charge in [0.15, 0.2) is 0 Å². The van der Waals surface area contributed by atoms with Gasteiger partial charge in [-0.15, -0.1) is 0 Å². The fourth-order valence-corrected chi connectivity index (χ4v) is 3.75. The Kier molecular flexibility index (Phi) is 3.20. The minimum absolute atomic E-state index is 0.515. The Morgan fingerprint density at radius 1 is 1.44 bits per heavy atom. The molecule has 0 radical (unpaired) electrons. The summed E-state index contributed by atoms with van der Waals surface area (Å²) in [6, 6.07) is 4.96. The molecule has 3 rings (SSSR count). The molecular formula is C15H19BrN2. The van der Waals surface area contributed by atoms with Gasteiger partial charge in [-0.1, -0.05) is 22.9 Å². The molecule has 1 atom stereocenters. The average molecular weight is 307 g/mol. The molecule has 1 heterocycles. The summed E-state index contributed by atoms with van der Waals surface area (Å²) in [6.45, 7) is 5.39. The Bertz CT molecular complexity index is 586. The maximum atomic E-state index is 3.64. The maximum absolute atomic E-state index is 3.64. The zero-order valence-electron chi connectivity index (χ0n) is 10.9. The van der Waals surface area contributed by atoms with E-state index in [2.05, 4.69) is 52.2 Å². The van der Waals surface area contributed by atoms with Crippen LogP contribution in [0.25, 0.3) is 10.9 Å². The lowest BCUT2D eigenvalue weighted by Gasteiger charge is -2.23. The van der Waals surface area contributed by atoms with Crippen LogP contribution in [-0.2, 0) is 6.42 Å². The molecule has 1 aromatic heterocycles. The summed E-state index contributed by atoms with van der Waals surface area (Å²) < 4.78 is 1.18. The lowest BCUT2D eigenvalue weighted by molar-refractivity contribution is 0.473. The number of benzene rings is 1. The number of aryl methyl sites for hydroxylation is 2. The van der Waals surface area contributed by atoms with Crippen LogP contribution in [0.4, 0.5) is 0 Å². The van der Waals surface area contributed by atoms with Gasteiger partial charge in [-0.2, -0.15) is 0 Å². The minimum atomic E-state index is 0.515. The molecule has 2 aromatic rings. The molecule has 0 bridgehead atoms. The number of rotatable bonds is 2. The van der Waals surface area contributed by atoms with Crippen molar-refractivity contribution in [1.82, 2.24) is 10.3 Å². The van der Waals surface area contributed by atoms with Gasteiger partial charge < -0.3 is 10.3 Å². The molecule has 18 heavy (non-hydrogen) atoms. The number of aromatic nitrogens is 1. The summed E-state index contributed by atoms with van der Waals surface area (Å²) in [5.74, 6) is 0. The Balaban J connectivity index is 2.23. The van der Waals surface area contributed by atoms with Gasteiger partial charge >= 0.3 is 0 Å². The van der Waals surface area contributed by atoms with E-state index >= 15 is 0 Å². The van der Waals surface area contributed by atoms with Crippen molar-refractivity contribution < 1.29 is 0 Å². The first-order chi connectivity index (χ1) is 8.70. The van der Waals surface area contributed by atoms with E-state index in [0.717, 1.165) is 6.54 Å². The Morgan fingerprint density at radius 3 is 3.06 bits per heavy atom. The maximum Gasteiger partial charge on any atom is 0.0490 e. The van der Waals surface area contributed by atoms with Crippen LogP contribution in [0.1, 0.15) is 42.6 Å². The van der Waals surface area contributed by atoms with Crippen molar-refractivity contribution in [2.24, 2.45) is 0 Å². The van der Waals surface area contributed by atoms with E-state index in [1.807, 2.05) is 0 Å². The van der Waals surface area contributed by atoms with E-state index in [0.29, 0.717) is 6.04 Å². The smallest absolute Gasteiger partial charge is 0.0490 e. The van der Waals surface area contributed by atoms with Crippen molar-refractivity contribution in [2.75, 3.05) is 6.54 Å². The molecule has 0 saturated heterocycles. The van der Waals surface area contributed by atoms with Crippen molar-refractivity contribution in [3.63, 3.8) is 0 Å². The molecule has 0 aliphatic heterocycles. The number of fused-ring (bicyclic) bond motifs is 3. The minimum Gasteiger partial charge on any atom is -0.358 e. The third-order valence-electron chi connectivity index (χ3n) is 3.91. The van der Waals surface area contributed by atoms with E-state index in [-0.39, 0.29) is 0 Å². The van der Waals surface area contributed by atoms with Crippen molar-refractivity contribution >= 4 is 26.8 Å². The predicted octanol–water partition coefficient (Wildman–Crippen LogP) is 4.23. The van der Waals surface area contributed by atoms with Crippen molar-refractivity contribution in [1.29, 1.82) is 0 Å². The monoisotopic (exact) mass is 306 g/mol. The molecule has 96 valence electrons. The first-order valence-corrected chi connectivity index (χ1v) is 7.54. The number of hydrogen-bond donors (Lipinski definition) is 2. The molecule has 1 aromatic carbocycles. The molecule has 2 N–H and O–H groups in total. The quantitative estimate of drug-likeness (QED) is 0.854. The Labute approximate surface area is 116 Å². The van der Waals surface area contributed by atoms with Crippen LogP contribution in [0.5, 0.6) is 0 Å². The van der Waals surface area contributed by atoms with Crippen LogP contribution in [0.15, 0.2) is 16.6 Å². The molecule has 0 fully saturated rings. The lowest BCUT2D eigenvalue weighted by Crippen LogP contribution is -2.24. The van der Waals surface area contributed by atoms with E-state index in [1.54, 1.807) is 0 Å². The SMILES string of the molecule is CCNC1CCCc2[nH]c3c(C)cc(Br)cc3c21. The number of nitrogens with one attached hydrogen (secondary N) is 2. The van der Waals surface area contributed by atoms with Crippen molar-refractivity contribution in [3.8, 4) is 0 Å². The third kappa shape index (κ3) is 1.90. The third-order valence-corrected chi connectivity index (χ3v) is 4.37. The average Bonchev–Trinajstić information content (AvgIpc) is 2.69. The van der Waals surface area contributed by atoms with Crippen molar-refractivity contribution in [2.45, 2.75) is 39.2 Å². The van der Waals surface area contributed by atoms with Gasteiger partial charge in [-0.3, -0.25) is 0 Å². The molecule has 1 aliphatic rings. The first kappa shape index (κ1) is 12.2. The van der Waals surface area contributed by atoms with E-state index in [4.69, 9.17) is 0 Å². The van der Waals surface area contributed by atoms with Crippen LogP contribution in [0.2, 0.25) is 0 Å². The zero-order chi connectivity index (χ0) is 12.7. The van der Waals surface area contributed by atoms with Gasteiger partial charge in [0.1, 0.15) is 0 Å². The normalized spacial score (nSPS) is 19.2. The summed E-state index contributed by atoms with van der Waals surface area (Å²) in [5.41, 5.74) is 5.57. The lowest BCUT2D eigenvalue weighted by atomic mass is 9.90. The molecule has 1 unspecified atom stereocenters. The van der Waals surface area contributed by atoms with Gasteiger partial charge in [0, 0.05) is 27.1 Å². The second-order valence-corrected chi connectivity index (χ2v) is 6.08. The van der Waals surface area contributed by atoms with Gasteiger partial charge in [0.25, 0.3) is 0 Å². The fraction of sp³-hybridized carbons (Fsp3) is 0.467. The molecule has 0 saturated carbocycles. The number of halogens is 1. The highest BCUT2D eigenvalue weighted by atomic mass is 79.9. The summed E-state index contributed by atoms with van der Waals surface area (Å²) >= 11 is 3.62. The van der Waals surface area contributed by atoms with E-state index < -0.39 is 0 Å². The summed E-state index contributed by atoms with van der Waals surface area (Å²) in [6.07, 6.45) is 3.71. The highest BCUT2D eigenvalue weighted by molar-refractivity contribution is 9.10. The second-order valence-electron chi connectivity index (χ2n) is 5.16. The topological polar surface area (TPSA) is 27.8 Å². The van der Waals surface area contributed by atoms with Gasteiger partial charge in [0.2, 0.25) is 0 Å². The highest BCUT2D eigenvalue weighted by Gasteiger charge is 2.24. The van der Waals surface area contributed by atoms with Gasteiger partial charge in [-0.05, 0) is 56.0 Å². The predicted molar refractivity (Wildman–Crippen MR) is 80.1 cm³/mol. The molecular weight excluding hydrogens is 288 g/mol. The summed E-state index contributed by atoms with van der Waals surface area (Å²) in [4.78, 5) is 3.64. The van der Waals surface area contributed by atoms with Gasteiger partial charge in [0.05, 0.1) is 0 Å². The largest absolute Gasteiger partial charge is 0.358 e. The Hall–Kier alpha value is -0.800. The molecule has 1 aliphatic carbocycles. The van der Waals surface area contributed by atoms with E-state index in [1.165, 1.54) is 51.5 Å². The number of hydrogen-bond acceptors (Lipinski definition) is 1. The number of H-pyrrole nitrogens is 1. The molecule has 0 amide bonds. The Morgan fingerprint density at radius 2 is 2.28 bits per heavy atom. The van der Waals surface area contributed by atoms with E-state index in [9.17, 15) is 0 Å². The molecule has 0 spiro atoms. The number of aromatic amines is 1. The first-order valence-electron chi connectivity index (χ1n) is 6.74. The summed E-state index contributed by atoms with van der Waals surface area (Å²) in [5, 5.41) is 5.01.